The van der Waals surface area contributed by atoms with Crippen LogP contribution in [0.25, 0.3) is 0 Å². The van der Waals surface area contributed by atoms with Crippen molar-refractivity contribution < 1.29 is 9.21 Å². The van der Waals surface area contributed by atoms with E-state index in [1.807, 2.05) is 44.1 Å². The predicted molar refractivity (Wildman–Crippen MR) is 85.8 cm³/mol. The molecule has 2 aromatic heterocycles. The van der Waals surface area contributed by atoms with E-state index in [9.17, 15) is 4.79 Å². The lowest BCUT2D eigenvalue weighted by Gasteiger charge is -2.22. The first-order valence-corrected chi connectivity index (χ1v) is 7.13. The zero-order chi connectivity index (χ0) is 16.8. The first-order valence-electron chi connectivity index (χ1n) is 7.13. The Labute approximate surface area is 134 Å². The number of likely N-dealkylation sites (N-methyl/N-ethyl adjacent to an activating group) is 1. The van der Waals surface area contributed by atoms with E-state index < -0.39 is 0 Å². The minimum absolute atomic E-state index is 0.0615. The Kier molecular flexibility index (Phi) is 5.33. The first-order chi connectivity index (χ1) is 11.0. The van der Waals surface area contributed by atoms with Crippen molar-refractivity contribution in [3.8, 4) is 6.07 Å². The molecule has 0 fully saturated rings. The van der Waals surface area contributed by atoms with Crippen LogP contribution in [0.4, 0.5) is 10.5 Å². The number of nitrogens with one attached hydrogen (secondary N) is 2. The summed E-state index contributed by atoms with van der Waals surface area (Å²) in [4.78, 5) is 17.8. The van der Waals surface area contributed by atoms with E-state index in [2.05, 4.69) is 15.6 Å². The lowest BCUT2D eigenvalue weighted by Crippen LogP contribution is -2.36. The molecule has 0 saturated heterocycles. The van der Waals surface area contributed by atoms with Crippen molar-refractivity contribution in [1.29, 1.82) is 5.26 Å². The molecule has 0 aromatic carbocycles. The Morgan fingerprint density at radius 2 is 2.17 bits per heavy atom. The van der Waals surface area contributed by atoms with Gasteiger partial charge in [-0.15, -0.1) is 0 Å². The van der Waals surface area contributed by atoms with Gasteiger partial charge >= 0.3 is 6.03 Å². The van der Waals surface area contributed by atoms with E-state index in [1.54, 1.807) is 12.1 Å². The smallest absolute Gasteiger partial charge is 0.319 e. The average molecular weight is 313 g/mol. The molecule has 2 heterocycles. The molecule has 0 aliphatic heterocycles. The van der Waals surface area contributed by atoms with Crippen molar-refractivity contribution in [2.45, 2.75) is 13.0 Å². The van der Waals surface area contributed by atoms with Gasteiger partial charge in [0.2, 0.25) is 0 Å². The monoisotopic (exact) mass is 313 g/mol. The maximum Gasteiger partial charge on any atom is 0.319 e. The molecule has 0 saturated carbocycles. The number of aryl methyl sites for hydroxylation is 1. The van der Waals surface area contributed by atoms with Gasteiger partial charge in [0.25, 0.3) is 0 Å². The van der Waals surface area contributed by atoms with Crippen molar-refractivity contribution >= 4 is 11.7 Å². The Bertz CT molecular complexity index is 700. The number of carbonyl (C=O) groups is 1. The zero-order valence-electron chi connectivity index (χ0n) is 13.3. The summed E-state index contributed by atoms with van der Waals surface area (Å²) in [5.41, 5.74) is 0.827. The third kappa shape index (κ3) is 4.56. The van der Waals surface area contributed by atoms with Crippen LogP contribution in [0, 0.1) is 18.3 Å². The molecule has 1 atom stereocenters. The lowest BCUT2D eigenvalue weighted by molar-refractivity contribution is 0.232. The maximum absolute atomic E-state index is 12.0. The molecule has 0 spiro atoms. The van der Waals surface area contributed by atoms with Crippen LogP contribution in [-0.2, 0) is 0 Å². The van der Waals surface area contributed by atoms with Crippen molar-refractivity contribution in [3.05, 3.63) is 47.7 Å². The summed E-state index contributed by atoms with van der Waals surface area (Å²) in [7, 11) is 3.85. The number of pyridine rings is 1. The van der Waals surface area contributed by atoms with E-state index in [0.29, 0.717) is 17.9 Å². The summed E-state index contributed by atoms with van der Waals surface area (Å²) in [6.07, 6.45) is 1.44. The van der Waals surface area contributed by atoms with E-state index >= 15 is 0 Å². The predicted octanol–water partition coefficient (Wildman–Crippen LogP) is 2.28. The molecule has 1 unspecified atom stereocenters. The second-order valence-electron chi connectivity index (χ2n) is 5.31. The molecule has 2 N–H and O–H groups in total. The number of rotatable bonds is 5. The molecule has 0 radical (unpaired) electrons. The first kappa shape index (κ1) is 16.5. The topological polar surface area (TPSA) is 94.2 Å². The van der Waals surface area contributed by atoms with Crippen LogP contribution in [0.1, 0.15) is 23.3 Å². The fourth-order valence-electron chi connectivity index (χ4n) is 2.07. The number of furan rings is 1. The Hall–Kier alpha value is -2.85. The van der Waals surface area contributed by atoms with Gasteiger partial charge in [-0.3, -0.25) is 4.90 Å². The molecule has 2 rings (SSSR count). The Morgan fingerprint density at radius 1 is 1.39 bits per heavy atom. The Balaban J connectivity index is 1.92. The van der Waals surface area contributed by atoms with Crippen LogP contribution < -0.4 is 10.6 Å². The second kappa shape index (κ2) is 7.42. The van der Waals surface area contributed by atoms with Gasteiger partial charge in [0, 0.05) is 6.54 Å². The largest absolute Gasteiger partial charge is 0.465 e. The van der Waals surface area contributed by atoms with E-state index in [4.69, 9.17) is 9.68 Å². The molecule has 23 heavy (non-hydrogen) atoms. The fourth-order valence-corrected chi connectivity index (χ4v) is 2.07. The van der Waals surface area contributed by atoms with Gasteiger partial charge < -0.3 is 15.1 Å². The molecular formula is C16H19N5O2. The van der Waals surface area contributed by atoms with Crippen LogP contribution in [0.5, 0.6) is 0 Å². The maximum atomic E-state index is 12.0. The molecule has 7 nitrogen and oxygen atoms in total. The summed E-state index contributed by atoms with van der Waals surface area (Å²) in [5.74, 6) is 1.63. The summed E-state index contributed by atoms with van der Waals surface area (Å²) < 4.78 is 5.63. The van der Waals surface area contributed by atoms with Gasteiger partial charge in [-0.2, -0.15) is 5.26 Å². The van der Waals surface area contributed by atoms with Crippen LogP contribution in [-0.4, -0.2) is 36.6 Å². The molecule has 2 aromatic rings. The molecule has 2 amide bonds. The highest BCUT2D eigenvalue weighted by Crippen LogP contribution is 2.19. The fraction of sp³-hybridized carbons (Fsp3) is 0.312. The molecule has 7 heteroatoms. The molecule has 0 aliphatic rings. The lowest BCUT2D eigenvalue weighted by atomic mass is 10.2. The normalized spacial score (nSPS) is 11.8. The number of hydrogen-bond acceptors (Lipinski definition) is 5. The van der Waals surface area contributed by atoms with Gasteiger partial charge in [0.05, 0.1) is 17.9 Å². The molecule has 0 bridgehead atoms. The highest BCUT2D eigenvalue weighted by Gasteiger charge is 2.18. The third-order valence-electron chi connectivity index (χ3n) is 3.30. The van der Waals surface area contributed by atoms with Crippen molar-refractivity contribution in [1.82, 2.24) is 15.2 Å². The third-order valence-corrected chi connectivity index (χ3v) is 3.30. The summed E-state index contributed by atoms with van der Waals surface area (Å²) in [5, 5.41) is 14.2. The molecule has 0 aliphatic carbocycles. The minimum Gasteiger partial charge on any atom is -0.465 e. The van der Waals surface area contributed by atoms with Crippen molar-refractivity contribution in [3.63, 3.8) is 0 Å². The number of nitrogens with zero attached hydrogens (tertiary/aromatic N) is 3. The van der Waals surface area contributed by atoms with E-state index in [1.165, 1.54) is 6.20 Å². The summed E-state index contributed by atoms with van der Waals surface area (Å²) >= 11 is 0. The minimum atomic E-state index is -0.341. The SMILES string of the molecule is Cc1ccc(C(CNC(=O)Nc2ccc(C#N)nc2)N(C)C)o1. The molecular weight excluding hydrogens is 294 g/mol. The van der Waals surface area contributed by atoms with Gasteiger partial charge in [-0.1, -0.05) is 0 Å². The Morgan fingerprint density at radius 3 is 2.70 bits per heavy atom. The summed E-state index contributed by atoms with van der Waals surface area (Å²) in [6.45, 7) is 2.28. The number of urea groups is 1. The number of nitriles is 1. The number of aromatic nitrogens is 1. The zero-order valence-corrected chi connectivity index (χ0v) is 13.3. The van der Waals surface area contributed by atoms with Gasteiger partial charge in [0.1, 0.15) is 23.3 Å². The van der Waals surface area contributed by atoms with E-state index in [-0.39, 0.29) is 12.1 Å². The van der Waals surface area contributed by atoms with Crippen LogP contribution in [0.3, 0.4) is 0 Å². The highest BCUT2D eigenvalue weighted by molar-refractivity contribution is 5.89. The number of hydrogen-bond donors (Lipinski definition) is 2. The number of carbonyl (C=O) groups excluding carboxylic acids is 1. The van der Waals surface area contributed by atoms with Crippen LogP contribution in [0.2, 0.25) is 0 Å². The second-order valence-corrected chi connectivity index (χ2v) is 5.31. The van der Waals surface area contributed by atoms with Crippen molar-refractivity contribution in [2.75, 3.05) is 26.0 Å². The average Bonchev–Trinajstić information content (AvgIpc) is 2.94. The number of amides is 2. The van der Waals surface area contributed by atoms with E-state index in [0.717, 1.165) is 11.5 Å². The van der Waals surface area contributed by atoms with Crippen molar-refractivity contribution in [2.24, 2.45) is 0 Å². The summed E-state index contributed by atoms with van der Waals surface area (Å²) in [6, 6.07) is 8.50. The molecule has 120 valence electrons. The van der Waals surface area contributed by atoms with Crippen LogP contribution >= 0.6 is 0 Å². The van der Waals surface area contributed by atoms with Gasteiger partial charge in [0.15, 0.2) is 0 Å². The van der Waals surface area contributed by atoms with Gasteiger partial charge in [-0.25, -0.2) is 9.78 Å². The van der Waals surface area contributed by atoms with Gasteiger partial charge in [-0.05, 0) is 45.3 Å². The highest BCUT2D eigenvalue weighted by atomic mass is 16.3. The number of anilines is 1. The standard InChI is InChI=1S/C16H19N5O2/c1-11-4-7-15(23-11)14(21(2)3)10-19-16(22)20-13-6-5-12(8-17)18-9-13/h4-7,9,14H,10H2,1-3H3,(H2,19,20,22). The van der Waals surface area contributed by atoms with Crippen LogP contribution in [0.15, 0.2) is 34.9 Å². The quantitative estimate of drug-likeness (QED) is 0.883.